The number of thiazole rings is 1. The van der Waals surface area contributed by atoms with Gasteiger partial charge in [-0.15, -0.1) is 22.7 Å². The van der Waals surface area contributed by atoms with Gasteiger partial charge in [0, 0.05) is 49.3 Å². The molecular formula is C43H44N4O10S3. The van der Waals surface area contributed by atoms with E-state index in [4.69, 9.17) is 14.6 Å². The number of aryl methyl sites for hydroxylation is 1. The van der Waals surface area contributed by atoms with E-state index in [1.54, 1.807) is 47.2 Å². The molecule has 0 unspecified atom stereocenters. The molecule has 1 aliphatic rings. The minimum atomic E-state index is -1.88. The summed E-state index contributed by atoms with van der Waals surface area (Å²) < 4.78 is 14.6. The molecule has 2 aromatic carbocycles. The van der Waals surface area contributed by atoms with Gasteiger partial charge >= 0.3 is 22.8 Å². The highest BCUT2D eigenvalue weighted by atomic mass is 32.1. The average molecular weight is 873 g/mol. The molecule has 1 aliphatic carbocycles. The van der Waals surface area contributed by atoms with Crippen molar-refractivity contribution in [2.24, 2.45) is 0 Å². The average Bonchev–Trinajstić information content (AvgIpc) is 4.03. The van der Waals surface area contributed by atoms with Gasteiger partial charge in [0.25, 0.3) is 5.60 Å². The molecule has 4 aromatic heterocycles. The first kappa shape index (κ1) is 42.7. The van der Waals surface area contributed by atoms with Crippen molar-refractivity contribution in [1.29, 1.82) is 0 Å². The topological polar surface area (TPSA) is 200 Å². The van der Waals surface area contributed by atoms with Gasteiger partial charge in [-0.1, -0.05) is 35.6 Å². The molecule has 1 fully saturated rings. The number of phenols is 1. The molecule has 17 heteroatoms. The molecule has 0 aliphatic heterocycles. The molecule has 0 amide bonds. The quantitative estimate of drug-likeness (QED) is 0.0541. The number of thiophene rings is 2. The molecule has 5 N–H and O–H groups in total. The van der Waals surface area contributed by atoms with Crippen LogP contribution in [0.4, 0.5) is 0 Å². The lowest BCUT2D eigenvalue weighted by Crippen LogP contribution is -2.44. The maximum Gasteiger partial charge on any atom is 0.362 e. The predicted octanol–water partition coefficient (Wildman–Crippen LogP) is 5.86. The van der Waals surface area contributed by atoms with E-state index >= 15 is 0 Å². The fraction of sp³-hybridized carbons (Fsp3) is 0.326. The van der Waals surface area contributed by atoms with Crippen molar-refractivity contribution >= 4 is 73.0 Å². The van der Waals surface area contributed by atoms with Crippen LogP contribution in [0.15, 0.2) is 99.2 Å². The van der Waals surface area contributed by atoms with Crippen molar-refractivity contribution in [3.05, 3.63) is 131 Å². The van der Waals surface area contributed by atoms with Gasteiger partial charge in [0.1, 0.15) is 11.9 Å². The van der Waals surface area contributed by atoms with Gasteiger partial charge in [-0.25, -0.2) is 14.4 Å². The zero-order valence-corrected chi connectivity index (χ0v) is 35.0. The molecule has 4 heterocycles. The SMILES string of the molecule is CN(CCCn1c(=O)sc2cc(CNC[C@H](O)c3ccc(O)c4[nH]c(=O)ccc34)ccc21)C1CCC(OC(=O)C(OC(=O)/C=C/C(=O)O)(c2cccs2)c2cccs2)CC1. The number of aromatic hydroxyl groups is 1. The van der Waals surface area contributed by atoms with Crippen LogP contribution in [0, 0.1) is 0 Å². The fourth-order valence-corrected chi connectivity index (χ4v) is 10.5. The Hall–Kier alpha value is -5.43. The number of H-pyrrole nitrogens is 1. The van der Waals surface area contributed by atoms with Gasteiger partial charge in [-0.05, 0) is 104 Å². The van der Waals surface area contributed by atoms with Crippen LogP contribution in [-0.2, 0) is 42.5 Å². The number of pyridine rings is 1. The molecule has 314 valence electrons. The lowest BCUT2D eigenvalue weighted by atomic mass is 9.91. The second kappa shape index (κ2) is 18.9. The predicted molar refractivity (Wildman–Crippen MR) is 231 cm³/mol. The summed E-state index contributed by atoms with van der Waals surface area (Å²) in [5.74, 6) is -3.09. The van der Waals surface area contributed by atoms with Gasteiger partial charge in [0.05, 0.1) is 31.6 Å². The van der Waals surface area contributed by atoms with Crippen LogP contribution in [0.1, 0.15) is 59.1 Å². The van der Waals surface area contributed by atoms with Crippen LogP contribution in [-0.4, -0.2) is 80.0 Å². The molecule has 0 spiro atoms. The second-order valence-corrected chi connectivity index (χ2v) is 17.5. The number of hydrogen-bond donors (Lipinski definition) is 5. The maximum absolute atomic E-state index is 14.1. The van der Waals surface area contributed by atoms with E-state index in [1.165, 1.54) is 46.1 Å². The number of rotatable bonds is 17. The Balaban J connectivity index is 0.905. The largest absolute Gasteiger partial charge is 0.506 e. The summed E-state index contributed by atoms with van der Waals surface area (Å²) in [5, 5.41) is 37.5. The molecule has 0 bridgehead atoms. The molecule has 0 saturated heterocycles. The number of nitrogens with zero attached hydrogens (tertiary/aromatic N) is 2. The number of carboxylic acid groups (broad SMARTS) is 1. The van der Waals surface area contributed by atoms with Gasteiger partial charge in [-0.2, -0.15) is 0 Å². The monoisotopic (exact) mass is 872 g/mol. The Kier molecular flexibility index (Phi) is 13.4. The van der Waals surface area contributed by atoms with Crippen LogP contribution in [0.25, 0.3) is 21.1 Å². The summed E-state index contributed by atoms with van der Waals surface area (Å²) in [4.78, 5) is 68.6. The van der Waals surface area contributed by atoms with Crippen molar-refractivity contribution in [3.63, 3.8) is 0 Å². The molecule has 14 nitrogen and oxygen atoms in total. The third-order valence-electron chi connectivity index (χ3n) is 10.7. The van der Waals surface area contributed by atoms with Crippen molar-refractivity contribution < 1.29 is 39.2 Å². The van der Waals surface area contributed by atoms with Gasteiger partial charge in [0.15, 0.2) is 0 Å². The van der Waals surface area contributed by atoms with Crippen LogP contribution in [0.3, 0.4) is 0 Å². The number of aliphatic carboxylic acids is 1. The lowest BCUT2D eigenvalue weighted by Gasteiger charge is -2.36. The fourth-order valence-electron chi connectivity index (χ4n) is 7.69. The van der Waals surface area contributed by atoms with Crippen molar-refractivity contribution in [2.75, 3.05) is 20.1 Å². The van der Waals surface area contributed by atoms with Crippen molar-refractivity contribution in [1.82, 2.24) is 19.8 Å². The number of esters is 2. The Morgan fingerprint density at radius 1 is 1.00 bits per heavy atom. The molecule has 1 atom stereocenters. The van der Waals surface area contributed by atoms with E-state index in [2.05, 4.69) is 22.2 Å². The van der Waals surface area contributed by atoms with E-state index in [1.807, 2.05) is 22.8 Å². The van der Waals surface area contributed by atoms with E-state index < -0.39 is 35.7 Å². The number of aliphatic hydroxyl groups is 1. The van der Waals surface area contributed by atoms with Gasteiger partial charge in [-0.3, -0.25) is 14.2 Å². The van der Waals surface area contributed by atoms with Crippen LogP contribution in [0.5, 0.6) is 5.75 Å². The number of carbonyl (C=O) groups is 3. The summed E-state index contributed by atoms with van der Waals surface area (Å²) in [6.07, 6.45) is 3.70. The number of hydrogen-bond acceptors (Lipinski definition) is 14. The highest BCUT2D eigenvalue weighted by molar-refractivity contribution is 7.16. The summed E-state index contributed by atoms with van der Waals surface area (Å²) in [7, 11) is 2.06. The number of fused-ring (bicyclic) bond motifs is 2. The number of aromatic nitrogens is 2. The van der Waals surface area contributed by atoms with E-state index in [0.717, 1.165) is 47.7 Å². The molecule has 6 aromatic rings. The first-order valence-electron chi connectivity index (χ1n) is 19.4. The third kappa shape index (κ3) is 9.46. The number of ether oxygens (including phenoxy) is 2. The molecule has 0 radical (unpaired) electrons. The zero-order valence-electron chi connectivity index (χ0n) is 32.6. The third-order valence-corrected chi connectivity index (χ3v) is 13.6. The van der Waals surface area contributed by atoms with Gasteiger partial charge in [0.2, 0.25) is 5.56 Å². The number of aliphatic hydroxyl groups excluding tert-OH is 1. The van der Waals surface area contributed by atoms with Crippen LogP contribution >= 0.6 is 34.0 Å². The summed E-state index contributed by atoms with van der Waals surface area (Å²) in [5.41, 5.74) is 0.466. The molecule has 7 rings (SSSR count). The standard InChI is InChI=1S/C43H44N4O10S3/c1-46(27-8-10-28(11-9-27)56-41(54)43(35-5-2-21-58-35,36-6-3-22-59-36)57-39(53)18-17-38(51)52)19-4-20-47-31-14-7-26(23-34(31)60-42(47)55)24-44-25-33(49)29-12-15-32(48)40-30(29)13-16-37(50)45-40/h2-3,5-7,12-18,21-23,27-28,33,44,48-49H,4,8-11,19-20,24-25H2,1H3,(H,45,50)(H,51,52)/b18-17+/t27?,28?,33-/m0/s1. The zero-order chi connectivity index (χ0) is 42.4. The normalized spacial score (nSPS) is 16.4. The molecule has 1 saturated carbocycles. The van der Waals surface area contributed by atoms with Crippen molar-refractivity contribution in [2.45, 2.75) is 69.0 Å². The Morgan fingerprint density at radius 2 is 1.73 bits per heavy atom. The number of benzene rings is 2. The number of aromatic amines is 1. The number of carbonyl (C=O) groups excluding carboxylic acids is 2. The summed E-state index contributed by atoms with van der Waals surface area (Å²) >= 11 is 3.68. The first-order valence-corrected chi connectivity index (χ1v) is 22.0. The van der Waals surface area contributed by atoms with Crippen LogP contribution in [0.2, 0.25) is 0 Å². The van der Waals surface area contributed by atoms with Gasteiger partial charge < -0.3 is 40.0 Å². The molecular weight excluding hydrogens is 829 g/mol. The minimum Gasteiger partial charge on any atom is -0.506 e. The van der Waals surface area contributed by atoms with Crippen molar-refractivity contribution in [3.8, 4) is 5.75 Å². The first-order chi connectivity index (χ1) is 28.9. The summed E-state index contributed by atoms with van der Waals surface area (Å²) in [6.45, 7) is 2.00. The summed E-state index contributed by atoms with van der Waals surface area (Å²) in [6, 6.07) is 19.1. The highest BCUT2D eigenvalue weighted by Crippen LogP contribution is 2.42. The highest BCUT2D eigenvalue weighted by Gasteiger charge is 2.50. The van der Waals surface area contributed by atoms with E-state index in [-0.39, 0.29) is 34.3 Å². The Bertz CT molecular complexity index is 2570. The molecule has 60 heavy (non-hydrogen) atoms. The minimum absolute atomic E-state index is 0.0301. The second-order valence-electron chi connectivity index (χ2n) is 14.7. The Morgan fingerprint density at radius 3 is 2.42 bits per heavy atom. The lowest BCUT2D eigenvalue weighted by molar-refractivity contribution is -0.181. The van der Waals surface area contributed by atoms with Crippen LogP contribution < -0.4 is 15.7 Å². The van der Waals surface area contributed by atoms with E-state index in [9.17, 15) is 34.2 Å². The number of nitrogens with one attached hydrogen (secondary N) is 2. The smallest absolute Gasteiger partial charge is 0.362 e. The Labute approximate surface area is 356 Å². The van der Waals surface area contributed by atoms with E-state index in [0.29, 0.717) is 52.7 Å². The number of carboxylic acids is 1. The number of phenolic OH excluding ortho intramolecular Hbond substituents is 1. The maximum atomic E-state index is 14.1.